The molecule has 1 unspecified atom stereocenters. The number of aromatic nitrogens is 2. The highest BCUT2D eigenvalue weighted by Gasteiger charge is 2.13. The second-order valence-electron chi connectivity index (χ2n) is 3.40. The summed E-state index contributed by atoms with van der Waals surface area (Å²) in [5.41, 5.74) is 7.65. The highest BCUT2D eigenvalue weighted by atomic mass is 35.5. The Bertz CT molecular complexity index is 469. The van der Waals surface area contributed by atoms with Crippen LogP contribution in [0.5, 0.6) is 0 Å². The van der Waals surface area contributed by atoms with E-state index in [9.17, 15) is 0 Å². The molecule has 1 heterocycles. The average molecular weight is 226 g/mol. The molecule has 0 radical (unpaired) electrons. The van der Waals surface area contributed by atoms with Gasteiger partial charge in [0.2, 0.25) is 0 Å². The number of nitrogens with one attached hydrogen (secondary N) is 1. The number of nitrogens with zero attached hydrogens (tertiary/aromatic N) is 1. The molecule has 4 N–H and O–H groups in total. The van der Waals surface area contributed by atoms with Gasteiger partial charge in [-0.05, 0) is 18.1 Å². The van der Waals surface area contributed by atoms with Gasteiger partial charge in [0.25, 0.3) is 0 Å². The van der Waals surface area contributed by atoms with E-state index in [1.54, 1.807) is 0 Å². The molecule has 2 rings (SSSR count). The molecule has 4 nitrogen and oxygen atoms in total. The smallest absolute Gasteiger partial charge is 0.132 e. The van der Waals surface area contributed by atoms with Crippen molar-refractivity contribution in [3.05, 3.63) is 28.9 Å². The Balaban J connectivity index is 2.54. The van der Waals surface area contributed by atoms with E-state index < -0.39 is 0 Å². The van der Waals surface area contributed by atoms with Crippen molar-refractivity contribution in [1.29, 1.82) is 0 Å². The lowest BCUT2D eigenvalue weighted by molar-refractivity contribution is 0.277. The van der Waals surface area contributed by atoms with Gasteiger partial charge in [-0.2, -0.15) is 5.10 Å². The largest absolute Gasteiger partial charge is 0.396 e. The van der Waals surface area contributed by atoms with Crippen LogP contribution in [0.4, 0.5) is 0 Å². The topological polar surface area (TPSA) is 74.9 Å². The Morgan fingerprint density at radius 3 is 3.07 bits per heavy atom. The van der Waals surface area contributed by atoms with Gasteiger partial charge in [-0.25, -0.2) is 0 Å². The number of aliphatic hydroxyl groups excluding tert-OH is 1. The van der Waals surface area contributed by atoms with E-state index >= 15 is 0 Å². The van der Waals surface area contributed by atoms with Crippen LogP contribution in [0, 0.1) is 0 Å². The van der Waals surface area contributed by atoms with Crippen LogP contribution in [0.1, 0.15) is 18.0 Å². The monoisotopic (exact) mass is 225 g/mol. The number of halogens is 1. The van der Waals surface area contributed by atoms with Gasteiger partial charge in [-0.3, -0.25) is 5.10 Å². The molecule has 0 bridgehead atoms. The molecular weight excluding hydrogens is 214 g/mol. The molecule has 0 spiro atoms. The zero-order valence-corrected chi connectivity index (χ0v) is 8.83. The first-order valence-electron chi connectivity index (χ1n) is 4.73. The summed E-state index contributed by atoms with van der Waals surface area (Å²) < 4.78 is 0. The van der Waals surface area contributed by atoms with Crippen molar-refractivity contribution in [2.24, 2.45) is 5.73 Å². The number of H-pyrrole nitrogens is 1. The minimum Gasteiger partial charge on any atom is -0.396 e. The normalized spacial score (nSPS) is 13.3. The van der Waals surface area contributed by atoms with Gasteiger partial charge in [0.05, 0.1) is 5.52 Å². The van der Waals surface area contributed by atoms with Crippen molar-refractivity contribution >= 4 is 22.5 Å². The molecular formula is C10H12ClN3O. The van der Waals surface area contributed by atoms with Crippen molar-refractivity contribution in [3.8, 4) is 0 Å². The van der Waals surface area contributed by atoms with Crippen LogP contribution in [0.2, 0.25) is 5.15 Å². The predicted molar refractivity (Wildman–Crippen MR) is 59.7 cm³/mol. The summed E-state index contributed by atoms with van der Waals surface area (Å²) in [6, 6.07) is 5.44. The molecule has 0 amide bonds. The molecule has 2 aromatic rings. The zero-order valence-electron chi connectivity index (χ0n) is 8.07. The van der Waals surface area contributed by atoms with E-state index in [-0.39, 0.29) is 12.6 Å². The molecule has 0 aliphatic rings. The molecule has 0 fully saturated rings. The Hall–Kier alpha value is -1.10. The van der Waals surface area contributed by atoms with E-state index in [1.807, 2.05) is 18.2 Å². The molecule has 80 valence electrons. The molecule has 1 atom stereocenters. The Kier molecular flexibility index (Phi) is 2.90. The second kappa shape index (κ2) is 4.18. The lowest BCUT2D eigenvalue weighted by Crippen LogP contribution is -2.12. The van der Waals surface area contributed by atoms with Gasteiger partial charge in [-0.15, -0.1) is 0 Å². The zero-order chi connectivity index (χ0) is 10.8. The molecule has 1 aromatic carbocycles. The van der Waals surface area contributed by atoms with Crippen LogP contribution in [0.15, 0.2) is 18.2 Å². The summed E-state index contributed by atoms with van der Waals surface area (Å²) in [4.78, 5) is 0. The Morgan fingerprint density at radius 2 is 2.33 bits per heavy atom. The maximum Gasteiger partial charge on any atom is 0.132 e. The number of hydrogen-bond donors (Lipinski definition) is 3. The van der Waals surface area contributed by atoms with Crippen LogP contribution in [0.25, 0.3) is 10.9 Å². The Morgan fingerprint density at radius 1 is 1.53 bits per heavy atom. The lowest BCUT2D eigenvalue weighted by atomic mass is 10.0. The first-order valence-corrected chi connectivity index (χ1v) is 5.10. The van der Waals surface area contributed by atoms with Crippen LogP contribution < -0.4 is 5.73 Å². The third kappa shape index (κ3) is 1.84. The third-order valence-corrected chi connectivity index (χ3v) is 2.68. The standard InChI is InChI=1S/C10H12ClN3O/c11-10-9-6(7(12)4-5-15)2-1-3-8(9)13-14-10/h1-3,7,15H,4-5,12H2,(H,13,14). The van der Waals surface area contributed by atoms with E-state index in [4.69, 9.17) is 22.4 Å². The van der Waals surface area contributed by atoms with Gasteiger partial charge >= 0.3 is 0 Å². The quantitative estimate of drug-likeness (QED) is 0.743. The lowest BCUT2D eigenvalue weighted by Gasteiger charge is -2.11. The number of aliphatic hydroxyl groups is 1. The van der Waals surface area contributed by atoms with Crippen molar-refractivity contribution in [1.82, 2.24) is 10.2 Å². The number of rotatable bonds is 3. The Labute approximate surface area is 92.0 Å². The third-order valence-electron chi connectivity index (χ3n) is 2.41. The fourth-order valence-corrected chi connectivity index (χ4v) is 1.91. The minimum absolute atomic E-state index is 0.0625. The van der Waals surface area contributed by atoms with Crippen molar-refractivity contribution in [2.75, 3.05) is 6.61 Å². The van der Waals surface area contributed by atoms with E-state index in [0.717, 1.165) is 16.5 Å². The first kappa shape index (κ1) is 10.4. The fraction of sp³-hybridized carbons (Fsp3) is 0.300. The number of aromatic amines is 1. The van der Waals surface area contributed by atoms with Crippen molar-refractivity contribution < 1.29 is 5.11 Å². The maximum atomic E-state index is 8.85. The predicted octanol–water partition coefficient (Wildman–Crippen LogP) is 1.60. The summed E-state index contributed by atoms with van der Waals surface area (Å²) in [5.74, 6) is 0. The minimum atomic E-state index is -0.214. The number of hydrogen-bond acceptors (Lipinski definition) is 3. The number of nitrogens with two attached hydrogens (primary N) is 1. The summed E-state index contributed by atoms with van der Waals surface area (Å²) in [5, 5.41) is 17.0. The number of fused-ring (bicyclic) bond motifs is 1. The van der Waals surface area contributed by atoms with E-state index in [2.05, 4.69) is 10.2 Å². The van der Waals surface area contributed by atoms with Crippen molar-refractivity contribution in [3.63, 3.8) is 0 Å². The van der Waals surface area contributed by atoms with Crippen LogP contribution in [0.3, 0.4) is 0 Å². The second-order valence-corrected chi connectivity index (χ2v) is 3.78. The van der Waals surface area contributed by atoms with Gasteiger partial charge < -0.3 is 10.8 Å². The van der Waals surface area contributed by atoms with Gasteiger partial charge in [0, 0.05) is 18.0 Å². The summed E-state index contributed by atoms with van der Waals surface area (Å²) >= 11 is 5.99. The molecule has 0 aliphatic carbocycles. The first-order chi connectivity index (χ1) is 7.24. The summed E-state index contributed by atoms with van der Waals surface area (Å²) in [7, 11) is 0. The highest BCUT2D eigenvalue weighted by molar-refractivity contribution is 6.34. The summed E-state index contributed by atoms with van der Waals surface area (Å²) in [6.07, 6.45) is 0.515. The highest BCUT2D eigenvalue weighted by Crippen LogP contribution is 2.28. The molecule has 1 aromatic heterocycles. The molecule has 15 heavy (non-hydrogen) atoms. The SMILES string of the molecule is NC(CCO)c1cccc2n[nH]c(Cl)c12. The van der Waals surface area contributed by atoms with Crippen LogP contribution >= 0.6 is 11.6 Å². The fourth-order valence-electron chi connectivity index (χ4n) is 1.66. The van der Waals surface area contributed by atoms with Gasteiger partial charge in [-0.1, -0.05) is 23.7 Å². The summed E-state index contributed by atoms with van der Waals surface area (Å²) in [6.45, 7) is 0.0625. The molecule has 5 heteroatoms. The maximum absolute atomic E-state index is 8.85. The number of benzene rings is 1. The van der Waals surface area contributed by atoms with Gasteiger partial charge in [0.15, 0.2) is 0 Å². The molecule has 0 saturated carbocycles. The average Bonchev–Trinajstić information content (AvgIpc) is 2.61. The molecule has 0 aliphatic heterocycles. The van der Waals surface area contributed by atoms with Crippen LogP contribution in [-0.4, -0.2) is 21.9 Å². The van der Waals surface area contributed by atoms with E-state index in [1.165, 1.54) is 0 Å². The van der Waals surface area contributed by atoms with Crippen molar-refractivity contribution in [2.45, 2.75) is 12.5 Å². The molecule has 0 saturated heterocycles. The van der Waals surface area contributed by atoms with Crippen LogP contribution in [-0.2, 0) is 0 Å². The van der Waals surface area contributed by atoms with E-state index in [0.29, 0.717) is 11.6 Å². The van der Waals surface area contributed by atoms with Gasteiger partial charge in [0.1, 0.15) is 5.15 Å².